The zero-order valence-electron chi connectivity index (χ0n) is 21.7. The average molecular weight is 486 g/mol. The topological polar surface area (TPSA) is 110 Å². The Balaban J connectivity index is 0.000000191. The van der Waals surface area contributed by atoms with Gasteiger partial charge in [-0.05, 0) is 111 Å². The first kappa shape index (κ1) is 26.2. The predicted molar refractivity (Wildman–Crippen MR) is 136 cm³/mol. The number of hydrogen-bond donors (Lipinski definition) is 5. The molecule has 4 aliphatic rings. The van der Waals surface area contributed by atoms with Crippen molar-refractivity contribution in [2.45, 2.75) is 83.8 Å². The molecule has 0 unspecified atom stereocenters. The maximum Gasteiger partial charge on any atom is 0.157 e. The molecule has 6 heteroatoms. The minimum Gasteiger partial charge on any atom is -0.504 e. The van der Waals surface area contributed by atoms with Gasteiger partial charge in [0.05, 0.1) is 11.7 Å². The zero-order valence-corrected chi connectivity index (χ0v) is 21.7. The first-order valence-corrected chi connectivity index (χ1v) is 13.2. The number of aliphatic hydroxyl groups excluding tert-OH is 1. The van der Waals surface area contributed by atoms with E-state index in [0.29, 0.717) is 23.8 Å². The van der Waals surface area contributed by atoms with Crippen LogP contribution in [0.4, 0.5) is 0 Å². The Bertz CT molecular complexity index is 987. The second kappa shape index (κ2) is 9.53. The first-order valence-electron chi connectivity index (χ1n) is 13.2. The summed E-state index contributed by atoms with van der Waals surface area (Å²) < 4.78 is 0. The van der Waals surface area contributed by atoms with Gasteiger partial charge >= 0.3 is 0 Å². The minimum absolute atomic E-state index is 0.107. The van der Waals surface area contributed by atoms with Crippen LogP contribution in [-0.2, 0) is 4.79 Å². The van der Waals surface area contributed by atoms with Crippen molar-refractivity contribution in [3.63, 3.8) is 0 Å². The van der Waals surface area contributed by atoms with Crippen molar-refractivity contribution in [3.8, 4) is 11.5 Å². The van der Waals surface area contributed by atoms with E-state index in [1.165, 1.54) is 37.0 Å². The lowest BCUT2D eigenvalue weighted by atomic mass is 9.46. The summed E-state index contributed by atoms with van der Waals surface area (Å²) in [4.78, 5) is 11.8. The molecule has 5 rings (SSSR count). The number of rotatable bonds is 3. The predicted octanol–water partition coefficient (Wildman–Crippen LogP) is 4.62. The lowest BCUT2D eigenvalue weighted by Crippen LogP contribution is -2.53. The van der Waals surface area contributed by atoms with Crippen molar-refractivity contribution in [3.05, 3.63) is 35.4 Å². The van der Waals surface area contributed by atoms with Crippen molar-refractivity contribution >= 4 is 5.78 Å². The van der Waals surface area contributed by atoms with Gasteiger partial charge in [0.2, 0.25) is 0 Å². The van der Waals surface area contributed by atoms with Gasteiger partial charge in [-0.15, -0.1) is 0 Å². The summed E-state index contributed by atoms with van der Waals surface area (Å²) in [6, 6.07) is 4.26. The number of phenols is 2. The summed E-state index contributed by atoms with van der Waals surface area (Å²) in [5.41, 5.74) is 1.90. The number of nitrogens with one attached hydrogen (secondary N) is 1. The van der Waals surface area contributed by atoms with Gasteiger partial charge in [0.1, 0.15) is 0 Å². The van der Waals surface area contributed by atoms with Crippen LogP contribution >= 0.6 is 0 Å². The smallest absolute Gasteiger partial charge is 0.157 e. The second-order valence-electron chi connectivity index (χ2n) is 12.1. The third-order valence-corrected chi connectivity index (χ3v) is 10.3. The molecule has 6 nitrogen and oxygen atoms in total. The highest BCUT2D eigenvalue weighted by atomic mass is 16.3. The standard InChI is InChI=1S/C20H30O2.C9H13NO3/c1-18-9-6-14(21)12-13(18)4-5-15-16(18)7-10-19(2)17(15)8-11-20(19,3)22;1-10-5-9(13)6-2-3-7(11)8(12)4-6/h12,15-17,22H,4-11H2,1-3H3;2-4,9-13H,5H2,1H3/t15-,16+,17+,18+,19+,20+;9-/m11/s1. The van der Waals surface area contributed by atoms with E-state index in [0.717, 1.165) is 43.9 Å². The molecular formula is C29H43NO5. The van der Waals surface area contributed by atoms with Crippen LogP contribution in [0.25, 0.3) is 0 Å². The molecule has 0 aliphatic heterocycles. The fourth-order valence-corrected chi connectivity index (χ4v) is 7.86. The number of allylic oxidation sites excluding steroid dienone is 1. The van der Waals surface area contributed by atoms with E-state index in [-0.39, 0.29) is 22.3 Å². The van der Waals surface area contributed by atoms with Crippen LogP contribution in [0, 0.1) is 28.6 Å². The van der Waals surface area contributed by atoms with E-state index in [2.05, 4.69) is 26.1 Å². The molecule has 0 heterocycles. The monoisotopic (exact) mass is 485 g/mol. The molecular weight excluding hydrogens is 442 g/mol. The Morgan fingerprint density at radius 3 is 2.40 bits per heavy atom. The third kappa shape index (κ3) is 4.54. The Labute approximate surface area is 209 Å². The minimum atomic E-state index is -0.670. The van der Waals surface area contributed by atoms with Gasteiger partial charge in [-0.3, -0.25) is 4.79 Å². The molecule has 0 bridgehead atoms. The molecule has 0 aromatic heterocycles. The van der Waals surface area contributed by atoms with Crippen LogP contribution in [0.15, 0.2) is 29.8 Å². The fraction of sp³-hybridized carbons (Fsp3) is 0.690. The number of ketones is 1. The van der Waals surface area contributed by atoms with Crippen molar-refractivity contribution in [1.29, 1.82) is 0 Å². The van der Waals surface area contributed by atoms with E-state index in [9.17, 15) is 15.0 Å². The van der Waals surface area contributed by atoms with Gasteiger partial charge in [0.25, 0.3) is 0 Å². The number of carbonyl (C=O) groups is 1. The number of likely N-dealkylation sites (N-methyl/N-ethyl adjacent to an activating group) is 1. The van der Waals surface area contributed by atoms with Crippen LogP contribution in [0.3, 0.4) is 0 Å². The number of carbonyl (C=O) groups excluding carboxylic acids is 1. The molecule has 0 spiro atoms. The maximum absolute atomic E-state index is 11.8. The number of benzene rings is 1. The molecule has 5 N–H and O–H groups in total. The molecule has 3 saturated carbocycles. The number of hydrogen-bond acceptors (Lipinski definition) is 6. The molecule has 4 aliphatic carbocycles. The number of aliphatic hydroxyl groups is 2. The molecule has 194 valence electrons. The van der Waals surface area contributed by atoms with Crippen LogP contribution in [0.2, 0.25) is 0 Å². The van der Waals surface area contributed by atoms with E-state index in [1.54, 1.807) is 13.1 Å². The van der Waals surface area contributed by atoms with E-state index in [4.69, 9.17) is 10.2 Å². The summed E-state index contributed by atoms with van der Waals surface area (Å²) in [5.74, 6) is 2.11. The van der Waals surface area contributed by atoms with Gasteiger partial charge in [-0.2, -0.15) is 0 Å². The molecule has 35 heavy (non-hydrogen) atoms. The third-order valence-electron chi connectivity index (χ3n) is 10.3. The summed E-state index contributed by atoms with van der Waals surface area (Å²) in [5, 5.41) is 41.3. The molecule has 0 radical (unpaired) electrons. The molecule has 0 amide bonds. The highest BCUT2D eigenvalue weighted by Gasteiger charge is 2.62. The maximum atomic E-state index is 11.8. The molecule has 1 aromatic carbocycles. The van der Waals surface area contributed by atoms with Crippen LogP contribution < -0.4 is 5.32 Å². The number of aromatic hydroxyl groups is 2. The quantitative estimate of drug-likeness (QED) is 0.400. The normalized spacial score (nSPS) is 38.9. The summed E-state index contributed by atoms with van der Waals surface area (Å²) in [6.45, 7) is 7.25. The summed E-state index contributed by atoms with van der Waals surface area (Å²) in [7, 11) is 1.73. The highest BCUT2D eigenvalue weighted by molar-refractivity contribution is 5.91. The lowest BCUT2D eigenvalue weighted by Gasteiger charge is -2.58. The number of fused-ring (bicyclic) bond motifs is 5. The first-order chi connectivity index (χ1) is 16.4. The van der Waals surface area contributed by atoms with E-state index < -0.39 is 11.7 Å². The molecule has 7 atom stereocenters. The second-order valence-corrected chi connectivity index (χ2v) is 12.1. The molecule has 3 fully saturated rings. The van der Waals surface area contributed by atoms with E-state index in [1.807, 2.05) is 6.08 Å². The van der Waals surface area contributed by atoms with Gasteiger partial charge in [-0.1, -0.05) is 25.5 Å². The highest BCUT2D eigenvalue weighted by Crippen LogP contribution is 2.67. The van der Waals surface area contributed by atoms with Crippen molar-refractivity contribution < 1.29 is 25.2 Å². The van der Waals surface area contributed by atoms with Crippen LogP contribution in [-0.4, -0.2) is 45.4 Å². The SMILES string of the molecule is CNC[C@@H](O)c1ccc(O)c(O)c1.C[C@]12CCC(=O)C=C1CC[C@@H]1[C@@H]2CC[C@@]2(C)[C@H]1CC[C@]2(C)O. The zero-order chi connectivity index (χ0) is 25.6. The van der Waals surface area contributed by atoms with E-state index >= 15 is 0 Å². The van der Waals surface area contributed by atoms with Crippen LogP contribution in [0.5, 0.6) is 11.5 Å². The van der Waals surface area contributed by atoms with Gasteiger partial charge < -0.3 is 25.7 Å². The fourth-order valence-electron chi connectivity index (χ4n) is 7.86. The Morgan fingerprint density at radius 2 is 1.71 bits per heavy atom. The number of phenolic OH excluding ortho intramolecular Hbond substituents is 2. The van der Waals surface area contributed by atoms with Crippen molar-refractivity contribution in [2.24, 2.45) is 28.6 Å². The largest absolute Gasteiger partial charge is 0.504 e. The van der Waals surface area contributed by atoms with Crippen molar-refractivity contribution in [2.75, 3.05) is 13.6 Å². The molecule has 0 saturated heterocycles. The summed E-state index contributed by atoms with van der Waals surface area (Å²) >= 11 is 0. The Hall–Kier alpha value is -1.89. The van der Waals surface area contributed by atoms with Gasteiger partial charge in [-0.25, -0.2) is 0 Å². The van der Waals surface area contributed by atoms with Gasteiger partial charge in [0, 0.05) is 13.0 Å². The van der Waals surface area contributed by atoms with Gasteiger partial charge in [0.15, 0.2) is 17.3 Å². The average Bonchev–Trinajstić information content (AvgIpc) is 3.05. The van der Waals surface area contributed by atoms with Crippen molar-refractivity contribution in [1.82, 2.24) is 5.32 Å². The lowest BCUT2D eigenvalue weighted by molar-refractivity contribution is -0.124. The van der Waals surface area contributed by atoms with Crippen LogP contribution in [0.1, 0.15) is 83.8 Å². The Morgan fingerprint density at radius 1 is 1.00 bits per heavy atom. The summed E-state index contributed by atoms with van der Waals surface area (Å²) in [6.07, 6.45) is 10.00. The molecule has 1 aromatic rings. The Kier molecular flexibility index (Phi) is 7.13.